The fourth-order valence-electron chi connectivity index (χ4n) is 1.95. The lowest BCUT2D eigenvalue weighted by molar-refractivity contribution is 0.415. The van der Waals surface area contributed by atoms with Gasteiger partial charge < -0.3 is 15.8 Å². The summed E-state index contributed by atoms with van der Waals surface area (Å²) >= 11 is 0. The third kappa shape index (κ3) is 3.41. The Morgan fingerprint density at radius 1 is 1.05 bits per heavy atom. The van der Waals surface area contributed by atoms with E-state index in [0.717, 1.165) is 17.1 Å². The predicted octanol–water partition coefficient (Wildman–Crippen LogP) is 4.14. The summed E-state index contributed by atoms with van der Waals surface area (Å²) in [7, 11) is 1.64. The average Bonchev–Trinajstić information content (AvgIpc) is 2.38. The monoisotopic (exact) mass is 256 g/mol. The van der Waals surface area contributed by atoms with Crippen LogP contribution in [0.15, 0.2) is 42.5 Å². The van der Waals surface area contributed by atoms with Crippen molar-refractivity contribution in [3.63, 3.8) is 0 Å². The number of rotatable bonds is 4. The fraction of sp³-hybridized carbons (Fsp3) is 0.250. The van der Waals surface area contributed by atoms with Crippen molar-refractivity contribution in [3.8, 4) is 5.75 Å². The van der Waals surface area contributed by atoms with Crippen LogP contribution in [0, 0.1) is 0 Å². The highest BCUT2D eigenvalue weighted by Crippen LogP contribution is 2.26. The van der Waals surface area contributed by atoms with Crippen molar-refractivity contribution in [2.24, 2.45) is 0 Å². The molecule has 0 amide bonds. The molecule has 0 saturated heterocycles. The van der Waals surface area contributed by atoms with Crippen molar-refractivity contribution >= 4 is 17.1 Å². The molecule has 0 fully saturated rings. The Balaban J connectivity index is 2.25. The van der Waals surface area contributed by atoms with E-state index < -0.39 is 0 Å². The van der Waals surface area contributed by atoms with Gasteiger partial charge in [-0.05, 0) is 29.7 Å². The van der Waals surface area contributed by atoms with Gasteiger partial charge in [0.1, 0.15) is 5.75 Å². The molecular weight excluding hydrogens is 236 g/mol. The van der Waals surface area contributed by atoms with Gasteiger partial charge in [-0.2, -0.15) is 0 Å². The molecule has 0 aromatic heterocycles. The van der Waals surface area contributed by atoms with Gasteiger partial charge in [-0.15, -0.1) is 0 Å². The quantitative estimate of drug-likeness (QED) is 0.808. The molecule has 0 bridgehead atoms. The smallest absolute Gasteiger partial charge is 0.122 e. The van der Waals surface area contributed by atoms with Gasteiger partial charge in [0.15, 0.2) is 0 Å². The Morgan fingerprint density at radius 2 is 1.84 bits per heavy atom. The molecule has 0 atom stereocenters. The second-order valence-electron chi connectivity index (χ2n) is 4.90. The van der Waals surface area contributed by atoms with E-state index in [2.05, 4.69) is 37.4 Å². The lowest BCUT2D eigenvalue weighted by Gasteiger charge is -2.12. The highest BCUT2D eigenvalue weighted by atomic mass is 16.5. The van der Waals surface area contributed by atoms with Crippen LogP contribution in [0.25, 0.3) is 0 Å². The first-order chi connectivity index (χ1) is 9.08. The van der Waals surface area contributed by atoms with Crippen LogP contribution in [-0.2, 0) is 0 Å². The first-order valence-electron chi connectivity index (χ1n) is 6.40. The largest absolute Gasteiger partial charge is 0.497 e. The number of nitrogens with two attached hydrogens (primary N) is 1. The molecule has 3 heteroatoms. The zero-order valence-electron chi connectivity index (χ0n) is 11.6. The van der Waals surface area contributed by atoms with E-state index in [-0.39, 0.29) is 0 Å². The number of nitrogen functional groups attached to an aromatic ring is 1. The van der Waals surface area contributed by atoms with Gasteiger partial charge in [0.25, 0.3) is 0 Å². The fourth-order valence-corrected chi connectivity index (χ4v) is 1.95. The van der Waals surface area contributed by atoms with Gasteiger partial charge in [0, 0.05) is 29.2 Å². The molecule has 0 heterocycles. The highest BCUT2D eigenvalue weighted by molar-refractivity contribution is 5.66. The summed E-state index contributed by atoms with van der Waals surface area (Å²) in [4.78, 5) is 0. The van der Waals surface area contributed by atoms with Crippen LogP contribution in [0.1, 0.15) is 25.3 Å². The molecule has 0 radical (unpaired) electrons. The van der Waals surface area contributed by atoms with E-state index in [1.54, 1.807) is 13.2 Å². The van der Waals surface area contributed by atoms with Crippen molar-refractivity contribution in [1.82, 2.24) is 0 Å². The topological polar surface area (TPSA) is 47.3 Å². The summed E-state index contributed by atoms with van der Waals surface area (Å²) in [5, 5.41) is 3.35. The Kier molecular flexibility index (Phi) is 3.95. The maximum absolute atomic E-state index is 5.85. The maximum atomic E-state index is 5.85. The number of nitrogens with one attached hydrogen (secondary N) is 1. The zero-order valence-corrected chi connectivity index (χ0v) is 11.6. The van der Waals surface area contributed by atoms with Crippen molar-refractivity contribution < 1.29 is 4.74 Å². The lowest BCUT2D eigenvalue weighted by Crippen LogP contribution is -1.96. The second-order valence-corrected chi connectivity index (χ2v) is 4.90. The minimum Gasteiger partial charge on any atom is -0.497 e. The first kappa shape index (κ1) is 13.3. The number of methoxy groups -OCH3 is 1. The van der Waals surface area contributed by atoms with Crippen molar-refractivity contribution in [2.45, 2.75) is 19.8 Å². The molecule has 0 aliphatic rings. The average molecular weight is 256 g/mol. The van der Waals surface area contributed by atoms with Crippen molar-refractivity contribution in [3.05, 3.63) is 48.0 Å². The van der Waals surface area contributed by atoms with Crippen LogP contribution < -0.4 is 15.8 Å². The molecule has 19 heavy (non-hydrogen) atoms. The molecule has 0 spiro atoms. The first-order valence-corrected chi connectivity index (χ1v) is 6.40. The summed E-state index contributed by atoms with van der Waals surface area (Å²) in [5.41, 5.74) is 9.82. The van der Waals surface area contributed by atoms with E-state index >= 15 is 0 Å². The van der Waals surface area contributed by atoms with E-state index in [4.69, 9.17) is 10.5 Å². The zero-order chi connectivity index (χ0) is 13.8. The molecule has 0 saturated carbocycles. The molecule has 3 nitrogen and oxygen atoms in total. The normalized spacial score (nSPS) is 10.5. The van der Waals surface area contributed by atoms with Gasteiger partial charge >= 0.3 is 0 Å². The standard InChI is InChI=1S/C16H20N2O/c1-11(2)12-5-4-6-14(7-12)18-15-8-13(17)9-16(10-15)19-3/h4-11,18H,17H2,1-3H3. The van der Waals surface area contributed by atoms with Crippen LogP contribution in [-0.4, -0.2) is 7.11 Å². The second kappa shape index (κ2) is 5.65. The van der Waals surface area contributed by atoms with E-state index in [0.29, 0.717) is 11.6 Å². The molecule has 0 unspecified atom stereocenters. The maximum Gasteiger partial charge on any atom is 0.122 e. The van der Waals surface area contributed by atoms with Crippen LogP contribution in [0.4, 0.5) is 17.1 Å². The Labute approximate surface area is 114 Å². The van der Waals surface area contributed by atoms with Crippen molar-refractivity contribution in [2.75, 3.05) is 18.2 Å². The summed E-state index contributed by atoms with van der Waals surface area (Å²) < 4.78 is 5.22. The predicted molar refractivity (Wildman–Crippen MR) is 81.2 cm³/mol. The van der Waals surface area contributed by atoms with Crippen molar-refractivity contribution in [1.29, 1.82) is 0 Å². The van der Waals surface area contributed by atoms with Gasteiger partial charge in [0.05, 0.1) is 7.11 Å². The Bertz CT molecular complexity index is 564. The van der Waals surface area contributed by atoms with E-state index in [1.807, 2.05) is 18.2 Å². The lowest BCUT2D eigenvalue weighted by atomic mass is 10.0. The number of ether oxygens (including phenoxy) is 1. The Morgan fingerprint density at radius 3 is 2.53 bits per heavy atom. The van der Waals surface area contributed by atoms with Crippen LogP contribution >= 0.6 is 0 Å². The SMILES string of the molecule is COc1cc(N)cc(Nc2cccc(C(C)C)c2)c1. The molecule has 0 aliphatic heterocycles. The molecule has 2 aromatic rings. The summed E-state index contributed by atoms with van der Waals surface area (Å²) in [6.07, 6.45) is 0. The number of benzene rings is 2. The number of anilines is 3. The number of hydrogen-bond acceptors (Lipinski definition) is 3. The third-order valence-corrected chi connectivity index (χ3v) is 3.01. The minimum atomic E-state index is 0.511. The van der Waals surface area contributed by atoms with E-state index in [9.17, 15) is 0 Å². The molecule has 2 rings (SSSR count). The van der Waals surface area contributed by atoms with Crippen LogP contribution in [0.5, 0.6) is 5.75 Å². The Hall–Kier alpha value is -2.16. The number of hydrogen-bond donors (Lipinski definition) is 2. The minimum absolute atomic E-state index is 0.511. The molecule has 2 aromatic carbocycles. The van der Waals surface area contributed by atoms with Gasteiger partial charge in [-0.3, -0.25) is 0 Å². The highest BCUT2D eigenvalue weighted by Gasteiger charge is 2.03. The van der Waals surface area contributed by atoms with Gasteiger partial charge in [-0.25, -0.2) is 0 Å². The third-order valence-electron chi connectivity index (χ3n) is 3.01. The molecular formula is C16H20N2O. The van der Waals surface area contributed by atoms with E-state index in [1.165, 1.54) is 5.56 Å². The molecule has 100 valence electrons. The summed E-state index contributed by atoms with van der Waals surface area (Å²) in [6, 6.07) is 14.0. The van der Waals surface area contributed by atoms with Crippen LogP contribution in [0.3, 0.4) is 0 Å². The molecule has 3 N–H and O–H groups in total. The van der Waals surface area contributed by atoms with Crippen LogP contribution in [0.2, 0.25) is 0 Å². The van der Waals surface area contributed by atoms with Gasteiger partial charge in [0.2, 0.25) is 0 Å². The van der Waals surface area contributed by atoms with Gasteiger partial charge in [-0.1, -0.05) is 26.0 Å². The summed E-state index contributed by atoms with van der Waals surface area (Å²) in [6.45, 7) is 4.37. The summed E-state index contributed by atoms with van der Waals surface area (Å²) in [5.74, 6) is 1.26. The molecule has 0 aliphatic carbocycles.